The van der Waals surface area contributed by atoms with Crippen LogP contribution in [0, 0.1) is 5.92 Å². The largest absolute Gasteiger partial charge is 0.534 e. The zero-order valence-corrected chi connectivity index (χ0v) is 23.1. The molecule has 2 unspecified atom stereocenters. The standard InChI is InChI=1S/C28H36ClN3O5/c1-27(2,3)35-25(33)32(37-26(34)36-28(4,5)6)10-9-16-11-17-13-18(12-16)23-22(14-17)31-21-15-19(29)7-8-20(21)24(23)30/h7-8,11,15,17-18H,9-10,12-14H2,1-6H3,(H2,30,31). The Balaban J connectivity index is 1.50. The van der Waals surface area contributed by atoms with Crippen molar-refractivity contribution in [1.29, 1.82) is 0 Å². The minimum absolute atomic E-state index is 0.149. The van der Waals surface area contributed by atoms with E-state index in [0.29, 0.717) is 17.4 Å². The number of nitrogens with two attached hydrogens (primary N) is 1. The van der Waals surface area contributed by atoms with Crippen LogP contribution in [0.25, 0.3) is 10.9 Å². The van der Waals surface area contributed by atoms with Crippen molar-refractivity contribution in [3.05, 3.63) is 46.1 Å². The van der Waals surface area contributed by atoms with Gasteiger partial charge in [0.05, 0.1) is 12.1 Å². The molecule has 2 aliphatic rings. The number of benzene rings is 1. The zero-order valence-electron chi connectivity index (χ0n) is 22.4. The van der Waals surface area contributed by atoms with E-state index in [0.717, 1.165) is 52.2 Å². The Morgan fingerprint density at radius 1 is 1.11 bits per heavy atom. The lowest BCUT2D eigenvalue weighted by molar-refractivity contribution is -0.135. The van der Waals surface area contributed by atoms with Gasteiger partial charge in [0, 0.05) is 27.4 Å². The summed E-state index contributed by atoms with van der Waals surface area (Å²) in [7, 11) is 0. The SMILES string of the molecule is CC(C)(C)OC(=O)ON(CCC1=CC2Cc3nc4cc(Cl)ccc4c(N)c3C(C1)C2)C(=O)OC(C)(C)C. The summed E-state index contributed by atoms with van der Waals surface area (Å²) < 4.78 is 10.7. The Labute approximate surface area is 223 Å². The van der Waals surface area contributed by atoms with Crippen molar-refractivity contribution in [2.45, 2.75) is 84.3 Å². The van der Waals surface area contributed by atoms with Crippen molar-refractivity contribution >= 4 is 40.4 Å². The van der Waals surface area contributed by atoms with Gasteiger partial charge in [-0.05, 0) is 97.3 Å². The number of pyridine rings is 1. The van der Waals surface area contributed by atoms with Crippen molar-refractivity contribution < 1.29 is 23.9 Å². The van der Waals surface area contributed by atoms with E-state index in [2.05, 4.69) is 6.08 Å². The molecule has 1 aromatic carbocycles. The highest BCUT2D eigenvalue weighted by Crippen LogP contribution is 2.47. The van der Waals surface area contributed by atoms with Crippen LogP contribution in [0.1, 0.15) is 78.0 Å². The van der Waals surface area contributed by atoms with Crippen LogP contribution in [0.15, 0.2) is 29.8 Å². The van der Waals surface area contributed by atoms with Gasteiger partial charge in [0.15, 0.2) is 0 Å². The van der Waals surface area contributed by atoms with Crippen LogP contribution in [-0.4, -0.2) is 40.0 Å². The molecule has 0 saturated carbocycles. The first kappa shape index (κ1) is 27.0. The third-order valence-electron chi connectivity index (χ3n) is 6.34. The van der Waals surface area contributed by atoms with Crippen LogP contribution in [0.4, 0.5) is 15.3 Å². The molecule has 0 fully saturated rings. The fourth-order valence-electron chi connectivity index (χ4n) is 5.06. The summed E-state index contributed by atoms with van der Waals surface area (Å²) in [4.78, 5) is 35.3. The highest BCUT2D eigenvalue weighted by Gasteiger charge is 2.35. The van der Waals surface area contributed by atoms with E-state index in [9.17, 15) is 9.59 Å². The highest BCUT2D eigenvalue weighted by atomic mass is 35.5. The van der Waals surface area contributed by atoms with Crippen LogP contribution in [0.2, 0.25) is 5.02 Å². The molecule has 37 heavy (non-hydrogen) atoms. The molecule has 0 spiro atoms. The van der Waals surface area contributed by atoms with Gasteiger partial charge in [-0.1, -0.05) is 23.3 Å². The topological polar surface area (TPSA) is 104 Å². The number of hydrogen-bond acceptors (Lipinski definition) is 7. The number of halogens is 1. The average Bonchev–Trinajstić information content (AvgIpc) is 2.73. The molecule has 2 atom stereocenters. The number of nitrogen functional groups attached to an aromatic ring is 1. The molecular weight excluding hydrogens is 494 g/mol. The highest BCUT2D eigenvalue weighted by molar-refractivity contribution is 6.31. The second-order valence-corrected chi connectivity index (χ2v) is 12.3. The fourth-order valence-corrected chi connectivity index (χ4v) is 5.23. The number of rotatable bonds is 3. The van der Waals surface area contributed by atoms with Gasteiger partial charge in [-0.2, -0.15) is 0 Å². The normalized spacial score (nSPS) is 19.1. The quantitative estimate of drug-likeness (QED) is 0.261. The molecule has 8 nitrogen and oxygen atoms in total. The van der Waals surface area contributed by atoms with Gasteiger partial charge >= 0.3 is 12.2 Å². The van der Waals surface area contributed by atoms with Crippen molar-refractivity contribution in [1.82, 2.24) is 10.0 Å². The van der Waals surface area contributed by atoms with Gasteiger partial charge < -0.3 is 20.0 Å². The van der Waals surface area contributed by atoms with E-state index in [1.54, 1.807) is 41.5 Å². The lowest BCUT2D eigenvalue weighted by Gasteiger charge is -2.36. The first-order chi connectivity index (χ1) is 17.2. The van der Waals surface area contributed by atoms with Gasteiger partial charge in [0.25, 0.3) is 0 Å². The zero-order chi connectivity index (χ0) is 27.1. The predicted octanol–water partition coefficient (Wildman–Crippen LogP) is 6.94. The van der Waals surface area contributed by atoms with Crippen molar-refractivity contribution in [2.75, 3.05) is 12.3 Å². The first-order valence-corrected chi connectivity index (χ1v) is 13.0. The van der Waals surface area contributed by atoms with Crippen molar-refractivity contribution in [2.24, 2.45) is 5.92 Å². The molecule has 1 aromatic heterocycles. The summed E-state index contributed by atoms with van der Waals surface area (Å²) >= 11 is 6.18. The summed E-state index contributed by atoms with van der Waals surface area (Å²) in [5.74, 6) is 0.564. The Morgan fingerprint density at radius 3 is 2.49 bits per heavy atom. The maximum atomic E-state index is 12.8. The maximum Gasteiger partial charge on any atom is 0.534 e. The van der Waals surface area contributed by atoms with E-state index < -0.39 is 23.5 Å². The number of ether oxygens (including phenoxy) is 2. The number of hydrogen-bond donors (Lipinski definition) is 1. The molecule has 2 bridgehead atoms. The van der Waals surface area contributed by atoms with Gasteiger partial charge in [0.1, 0.15) is 11.2 Å². The Hall–Kier alpha value is -3.00. The Morgan fingerprint density at radius 2 is 1.81 bits per heavy atom. The Bertz CT molecular complexity index is 1250. The van der Waals surface area contributed by atoms with Crippen LogP contribution in [0.5, 0.6) is 0 Å². The van der Waals surface area contributed by atoms with Crippen molar-refractivity contribution in [3.63, 3.8) is 0 Å². The number of allylic oxidation sites excluding steroid dienone is 1. The molecule has 200 valence electrons. The van der Waals surface area contributed by atoms with E-state index in [4.69, 9.17) is 36.6 Å². The minimum Gasteiger partial charge on any atom is -0.442 e. The lowest BCUT2D eigenvalue weighted by atomic mass is 9.70. The summed E-state index contributed by atoms with van der Waals surface area (Å²) in [5, 5.41) is 2.51. The number of anilines is 1. The van der Waals surface area contributed by atoms with Gasteiger partial charge in [-0.25, -0.2) is 9.59 Å². The molecule has 1 heterocycles. The molecule has 1 amide bonds. The number of aromatic nitrogens is 1. The molecule has 0 saturated heterocycles. The summed E-state index contributed by atoms with van der Waals surface area (Å²) in [5.41, 5.74) is 10.1. The summed E-state index contributed by atoms with van der Waals surface area (Å²) in [6, 6.07) is 5.62. The van der Waals surface area contributed by atoms with Gasteiger partial charge in [-0.15, -0.1) is 5.06 Å². The summed E-state index contributed by atoms with van der Waals surface area (Å²) in [6.45, 7) is 10.6. The number of fused-ring (bicyclic) bond motifs is 5. The van der Waals surface area contributed by atoms with E-state index in [1.807, 2.05) is 18.2 Å². The van der Waals surface area contributed by atoms with E-state index in [1.165, 1.54) is 5.57 Å². The van der Waals surface area contributed by atoms with Crippen LogP contribution in [0.3, 0.4) is 0 Å². The van der Waals surface area contributed by atoms with Crippen LogP contribution < -0.4 is 5.73 Å². The minimum atomic E-state index is -0.951. The van der Waals surface area contributed by atoms with Crippen LogP contribution in [-0.2, 0) is 20.7 Å². The maximum absolute atomic E-state index is 12.8. The monoisotopic (exact) mass is 529 g/mol. The number of amides is 1. The third-order valence-corrected chi connectivity index (χ3v) is 6.58. The molecule has 2 aliphatic carbocycles. The molecule has 4 rings (SSSR count). The van der Waals surface area contributed by atoms with Gasteiger partial charge in [0.2, 0.25) is 0 Å². The molecule has 0 aliphatic heterocycles. The smallest absolute Gasteiger partial charge is 0.442 e. The summed E-state index contributed by atoms with van der Waals surface area (Å²) in [6.07, 6.45) is 3.70. The first-order valence-electron chi connectivity index (χ1n) is 12.7. The molecule has 9 heteroatoms. The molecule has 2 N–H and O–H groups in total. The van der Waals surface area contributed by atoms with E-state index >= 15 is 0 Å². The lowest BCUT2D eigenvalue weighted by Crippen LogP contribution is -2.40. The van der Waals surface area contributed by atoms with Gasteiger partial charge in [-0.3, -0.25) is 4.98 Å². The van der Waals surface area contributed by atoms with Crippen LogP contribution >= 0.6 is 11.6 Å². The molecule has 2 aromatic rings. The Kier molecular flexibility index (Phi) is 7.34. The average molecular weight is 530 g/mol. The molecular formula is C28H36ClN3O5. The van der Waals surface area contributed by atoms with E-state index in [-0.39, 0.29) is 12.5 Å². The number of carbonyl (C=O) groups excluding carboxylic acids is 2. The second kappa shape index (κ2) is 10.0. The predicted molar refractivity (Wildman–Crippen MR) is 143 cm³/mol. The molecule has 0 radical (unpaired) electrons. The second-order valence-electron chi connectivity index (χ2n) is 11.9. The number of carbonyl (C=O) groups is 2. The fraction of sp³-hybridized carbons (Fsp3) is 0.536. The van der Waals surface area contributed by atoms with Crippen molar-refractivity contribution in [3.8, 4) is 0 Å². The number of nitrogens with zero attached hydrogens (tertiary/aromatic N) is 2. The number of hydroxylamine groups is 2. The third kappa shape index (κ3) is 6.66.